The molecule has 1 aromatic rings. The van der Waals surface area contributed by atoms with Gasteiger partial charge in [0.25, 0.3) is 0 Å². The molecule has 1 heterocycles. The van der Waals surface area contributed by atoms with Gasteiger partial charge in [-0.2, -0.15) is 0 Å². The standard InChI is InChI=1S/C16H24N2O2/c1-3-18(14-5-4-6-15(11-14)20-2)16(19)8-7-13-9-10-17-12-13/h4-6,11,13,17H,3,7-10,12H2,1-2H3. The highest BCUT2D eigenvalue weighted by molar-refractivity contribution is 5.93. The molecule has 4 nitrogen and oxygen atoms in total. The number of methoxy groups -OCH3 is 1. The largest absolute Gasteiger partial charge is 0.497 e. The number of anilines is 1. The number of nitrogens with one attached hydrogen (secondary N) is 1. The topological polar surface area (TPSA) is 41.6 Å². The van der Waals surface area contributed by atoms with Gasteiger partial charge in [-0.25, -0.2) is 0 Å². The van der Waals surface area contributed by atoms with Crippen molar-refractivity contribution in [2.45, 2.75) is 26.2 Å². The Kier molecular flexibility index (Phi) is 5.41. The first-order valence-electron chi connectivity index (χ1n) is 7.39. The van der Waals surface area contributed by atoms with Crippen molar-refractivity contribution in [2.24, 2.45) is 5.92 Å². The maximum absolute atomic E-state index is 12.4. The first-order chi connectivity index (χ1) is 9.74. The fourth-order valence-electron chi connectivity index (χ4n) is 2.70. The van der Waals surface area contributed by atoms with Crippen LogP contribution in [0.2, 0.25) is 0 Å². The van der Waals surface area contributed by atoms with E-state index in [0.29, 0.717) is 18.9 Å². The van der Waals surface area contributed by atoms with Crippen molar-refractivity contribution in [3.63, 3.8) is 0 Å². The van der Waals surface area contributed by atoms with Crippen LogP contribution in [0.1, 0.15) is 26.2 Å². The molecule has 110 valence electrons. The van der Waals surface area contributed by atoms with Gasteiger partial charge in [0.1, 0.15) is 5.75 Å². The molecule has 0 bridgehead atoms. The maximum atomic E-state index is 12.4. The number of hydrogen-bond donors (Lipinski definition) is 1. The Labute approximate surface area is 121 Å². The molecule has 0 spiro atoms. The second-order valence-corrected chi connectivity index (χ2v) is 5.24. The monoisotopic (exact) mass is 276 g/mol. The van der Waals surface area contributed by atoms with E-state index in [2.05, 4.69) is 5.32 Å². The Morgan fingerprint density at radius 3 is 3.00 bits per heavy atom. The zero-order chi connectivity index (χ0) is 14.4. The van der Waals surface area contributed by atoms with Gasteiger partial charge in [0.2, 0.25) is 5.91 Å². The van der Waals surface area contributed by atoms with Crippen LogP contribution >= 0.6 is 0 Å². The minimum absolute atomic E-state index is 0.202. The van der Waals surface area contributed by atoms with Crippen LogP contribution in [0.25, 0.3) is 0 Å². The number of ether oxygens (including phenoxy) is 1. The third-order valence-corrected chi connectivity index (χ3v) is 3.91. The molecule has 2 rings (SSSR count). The molecule has 1 aromatic carbocycles. The molecule has 0 radical (unpaired) electrons. The molecule has 0 aromatic heterocycles. The Hall–Kier alpha value is -1.55. The zero-order valence-electron chi connectivity index (χ0n) is 12.4. The van der Waals surface area contributed by atoms with Crippen molar-refractivity contribution in [3.05, 3.63) is 24.3 Å². The lowest BCUT2D eigenvalue weighted by atomic mass is 10.0. The summed E-state index contributed by atoms with van der Waals surface area (Å²) < 4.78 is 5.22. The quantitative estimate of drug-likeness (QED) is 0.867. The van der Waals surface area contributed by atoms with Gasteiger partial charge in [-0.15, -0.1) is 0 Å². The van der Waals surface area contributed by atoms with Gasteiger partial charge in [0.05, 0.1) is 7.11 Å². The Morgan fingerprint density at radius 2 is 2.35 bits per heavy atom. The van der Waals surface area contributed by atoms with Crippen LogP contribution in [0.5, 0.6) is 5.75 Å². The normalized spacial score (nSPS) is 18.0. The first kappa shape index (κ1) is 14.9. The number of carbonyl (C=O) groups is 1. The SMILES string of the molecule is CCN(C(=O)CCC1CCNC1)c1cccc(OC)c1. The maximum Gasteiger partial charge on any atom is 0.226 e. The van der Waals surface area contributed by atoms with Gasteiger partial charge >= 0.3 is 0 Å². The van der Waals surface area contributed by atoms with Gasteiger partial charge in [-0.3, -0.25) is 4.79 Å². The number of nitrogens with zero attached hydrogens (tertiary/aromatic N) is 1. The van der Waals surface area contributed by atoms with Crippen molar-refractivity contribution >= 4 is 11.6 Å². The summed E-state index contributed by atoms with van der Waals surface area (Å²) in [5.74, 6) is 1.64. The summed E-state index contributed by atoms with van der Waals surface area (Å²) in [6.07, 6.45) is 2.79. The minimum atomic E-state index is 0.202. The fraction of sp³-hybridized carbons (Fsp3) is 0.562. The fourth-order valence-corrected chi connectivity index (χ4v) is 2.70. The van der Waals surface area contributed by atoms with Crippen LogP contribution in [-0.4, -0.2) is 32.7 Å². The third kappa shape index (κ3) is 3.73. The highest BCUT2D eigenvalue weighted by Crippen LogP contribution is 2.23. The van der Waals surface area contributed by atoms with E-state index < -0.39 is 0 Å². The molecule has 0 aliphatic carbocycles. The lowest BCUT2D eigenvalue weighted by Gasteiger charge is -2.22. The molecule has 0 saturated carbocycles. The van der Waals surface area contributed by atoms with E-state index in [1.54, 1.807) is 7.11 Å². The van der Waals surface area contributed by atoms with E-state index in [0.717, 1.165) is 30.9 Å². The van der Waals surface area contributed by atoms with Crippen molar-refractivity contribution in [1.29, 1.82) is 0 Å². The molecule has 1 aliphatic heterocycles. The molecule has 1 fully saturated rings. The summed E-state index contributed by atoms with van der Waals surface area (Å²) in [5, 5.41) is 3.34. The lowest BCUT2D eigenvalue weighted by Crippen LogP contribution is -2.30. The number of carbonyl (C=O) groups excluding carboxylic acids is 1. The van der Waals surface area contributed by atoms with Crippen molar-refractivity contribution in [1.82, 2.24) is 5.32 Å². The van der Waals surface area contributed by atoms with E-state index in [1.807, 2.05) is 36.1 Å². The van der Waals surface area contributed by atoms with Crippen LogP contribution in [0.3, 0.4) is 0 Å². The van der Waals surface area contributed by atoms with Gasteiger partial charge in [0.15, 0.2) is 0 Å². The molecule has 1 N–H and O–H groups in total. The predicted octanol–water partition coefficient (Wildman–Crippen LogP) is 2.44. The van der Waals surface area contributed by atoms with Crippen LogP contribution in [-0.2, 0) is 4.79 Å². The number of hydrogen-bond acceptors (Lipinski definition) is 3. The van der Waals surface area contributed by atoms with E-state index in [-0.39, 0.29) is 5.91 Å². The summed E-state index contributed by atoms with van der Waals surface area (Å²) in [5.41, 5.74) is 0.918. The third-order valence-electron chi connectivity index (χ3n) is 3.91. The van der Waals surface area contributed by atoms with Crippen LogP contribution in [0, 0.1) is 5.92 Å². The van der Waals surface area contributed by atoms with Gasteiger partial charge in [0, 0.05) is 24.7 Å². The van der Waals surface area contributed by atoms with E-state index >= 15 is 0 Å². The highest BCUT2D eigenvalue weighted by atomic mass is 16.5. The predicted molar refractivity (Wildman–Crippen MR) is 81.2 cm³/mol. The molecule has 20 heavy (non-hydrogen) atoms. The average Bonchev–Trinajstić information content (AvgIpc) is 2.99. The number of benzene rings is 1. The Morgan fingerprint density at radius 1 is 1.50 bits per heavy atom. The molecule has 1 atom stereocenters. The van der Waals surface area contributed by atoms with Crippen molar-refractivity contribution in [2.75, 3.05) is 31.6 Å². The average molecular weight is 276 g/mol. The highest BCUT2D eigenvalue weighted by Gasteiger charge is 2.19. The zero-order valence-corrected chi connectivity index (χ0v) is 12.4. The summed E-state index contributed by atoms with van der Waals surface area (Å²) in [6, 6.07) is 7.69. The lowest BCUT2D eigenvalue weighted by molar-refractivity contribution is -0.118. The second-order valence-electron chi connectivity index (χ2n) is 5.24. The van der Waals surface area contributed by atoms with Crippen LogP contribution in [0.15, 0.2) is 24.3 Å². The Balaban J connectivity index is 1.96. The summed E-state index contributed by atoms with van der Waals surface area (Å²) in [7, 11) is 1.64. The minimum Gasteiger partial charge on any atom is -0.497 e. The van der Waals surface area contributed by atoms with E-state index in [1.165, 1.54) is 6.42 Å². The molecule has 1 aliphatic rings. The van der Waals surface area contributed by atoms with Crippen LogP contribution in [0.4, 0.5) is 5.69 Å². The van der Waals surface area contributed by atoms with E-state index in [9.17, 15) is 4.79 Å². The van der Waals surface area contributed by atoms with Crippen molar-refractivity contribution in [3.8, 4) is 5.75 Å². The van der Waals surface area contributed by atoms with Crippen LogP contribution < -0.4 is 15.0 Å². The molecule has 1 saturated heterocycles. The molecule has 4 heteroatoms. The smallest absolute Gasteiger partial charge is 0.226 e. The molecule has 1 amide bonds. The number of rotatable bonds is 6. The second kappa shape index (κ2) is 7.29. The van der Waals surface area contributed by atoms with Crippen molar-refractivity contribution < 1.29 is 9.53 Å². The summed E-state index contributed by atoms with van der Waals surface area (Å²) in [4.78, 5) is 14.2. The first-order valence-corrected chi connectivity index (χ1v) is 7.39. The molecular formula is C16H24N2O2. The molecule has 1 unspecified atom stereocenters. The van der Waals surface area contributed by atoms with Gasteiger partial charge < -0.3 is 15.0 Å². The summed E-state index contributed by atoms with van der Waals surface area (Å²) >= 11 is 0. The summed E-state index contributed by atoms with van der Waals surface area (Å²) in [6.45, 7) is 4.84. The number of amides is 1. The van der Waals surface area contributed by atoms with Gasteiger partial charge in [-0.05, 0) is 50.9 Å². The van der Waals surface area contributed by atoms with E-state index in [4.69, 9.17) is 4.74 Å². The van der Waals surface area contributed by atoms with Gasteiger partial charge in [-0.1, -0.05) is 6.07 Å². The molecular weight excluding hydrogens is 252 g/mol. The Bertz CT molecular complexity index is 442.